The number of allylic oxidation sites excluding steroid dienone is 1. The van der Waals surface area contributed by atoms with E-state index in [0.717, 1.165) is 75.2 Å². The van der Waals surface area contributed by atoms with E-state index in [-0.39, 0.29) is 17.9 Å². The lowest BCUT2D eigenvalue weighted by Gasteiger charge is -2.47. The Hall–Kier alpha value is -2.54. The normalized spacial score (nSPS) is 30.9. The Bertz CT molecular complexity index is 1300. The monoisotopic (exact) mass is 595 g/mol. The number of hydrogen-bond acceptors (Lipinski definition) is 5. The van der Waals surface area contributed by atoms with Crippen molar-refractivity contribution in [2.75, 3.05) is 32.2 Å². The molecule has 5 atom stereocenters. The molecule has 6 nitrogen and oxygen atoms in total. The van der Waals surface area contributed by atoms with Gasteiger partial charge in [0.05, 0.1) is 18.9 Å². The zero-order chi connectivity index (χ0) is 29.9. The minimum atomic E-state index is -1.96. The SMILES string of the molecule is COc1ccc2cc1N(C[C@]1(C)CCCc3cc(Cl)ccc31)C[C@@H]1CC[C@H]1[C@@H](OC)/C=C/CCCCC[C@]2(O)C(=O)O. The molecule has 1 saturated carbocycles. The van der Waals surface area contributed by atoms with Gasteiger partial charge in [-0.2, -0.15) is 0 Å². The number of carbonyl (C=O) groups is 1. The average molecular weight is 596 g/mol. The number of nitrogens with zero attached hydrogens (tertiary/aromatic N) is 1. The van der Waals surface area contributed by atoms with Gasteiger partial charge in [0, 0.05) is 30.6 Å². The molecule has 0 spiro atoms. The molecule has 1 aliphatic heterocycles. The Morgan fingerprint density at radius 3 is 2.62 bits per heavy atom. The molecule has 5 rings (SSSR count). The van der Waals surface area contributed by atoms with Crippen LogP contribution in [0.3, 0.4) is 0 Å². The highest BCUT2D eigenvalue weighted by Gasteiger charge is 2.42. The molecule has 1 fully saturated rings. The molecular weight excluding hydrogens is 550 g/mol. The number of ether oxygens (including phenoxy) is 2. The predicted octanol–water partition coefficient (Wildman–Crippen LogP) is 7.28. The highest BCUT2D eigenvalue weighted by atomic mass is 35.5. The number of anilines is 1. The first-order chi connectivity index (χ1) is 20.2. The first kappa shape index (κ1) is 30.9. The van der Waals surface area contributed by atoms with E-state index in [9.17, 15) is 15.0 Å². The minimum Gasteiger partial charge on any atom is -0.495 e. The predicted molar refractivity (Wildman–Crippen MR) is 168 cm³/mol. The van der Waals surface area contributed by atoms with E-state index in [2.05, 4.69) is 36.1 Å². The molecule has 7 heteroatoms. The lowest BCUT2D eigenvalue weighted by Crippen LogP contribution is -2.48. The molecule has 2 bridgehead atoms. The van der Waals surface area contributed by atoms with Gasteiger partial charge in [0.2, 0.25) is 0 Å². The highest BCUT2D eigenvalue weighted by Crippen LogP contribution is 2.45. The molecule has 0 aromatic heterocycles. The maximum absolute atomic E-state index is 12.5. The fraction of sp³-hybridized carbons (Fsp3) is 0.571. The van der Waals surface area contributed by atoms with Gasteiger partial charge >= 0.3 is 5.97 Å². The van der Waals surface area contributed by atoms with E-state index in [4.69, 9.17) is 21.1 Å². The summed E-state index contributed by atoms with van der Waals surface area (Å²) in [6.45, 7) is 3.87. The smallest absolute Gasteiger partial charge is 0.340 e. The first-order valence-electron chi connectivity index (χ1n) is 15.6. The van der Waals surface area contributed by atoms with E-state index < -0.39 is 11.6 Å². The van der Waals surface area contributed by atoms with Crippen LogP contribution in [0.1, 0.15) is 81.4 Å². The van der Waals surface area contributed by atoms with Crippen LogP contribution in [0.2, 0.25) is 5.02 Å². The van der Waals surface area contributed by atoms with Gasteiger partial charge in [-0.05, 0) is 111 Å². The second-order valence-electron chi connectivity index (χ2n) is 12.9. The molecule has 2 aliphatic carbocycles. The van der Waals surface area contributed by atoms with Gasteiger partial charge in [-0.1, -0.05) is 49.2 Å². The highest BCUT2D eigenvalue weighted by molar-refractivity contribution is 6.30. The number of aryl methyl sites for hydroxylation is 1. The zero-order valence-electron chi connectivity index (χ0n) is 25.3. The number of fused-ring (bicyclic) bond motifs is 4. The Morgan fingerprint density at radius 1 is 1.07 bits per heavy atom. The fourth-order valence-corrected chi connectivity index (χ4v) is 7.74. The molecule has 42 heavy (non-hydrogen) atoms. The van der Waals surface area contributed by atoms with Gasteiger partial charge in [-0.3, -0.25) is 0 Å². The van der Waals surface area contributed by atoms with Crippen molar-refractivity contribution in [3.8, 4) is 5.75 Å². The van der Waals surface area contributed by atoms with Crippen LogP contribution in [0, 0.1) is 11.8 Å². The van der Waals surface area contributed by atoms with Crippen LogP contribution in [-0.2, 0) is 27.0 Å². The summed E-state index contributed by atoms with van der Waals surface area (Å²) in [6.07, 6.45) is 13.4. The van der Waals surface area contributed by atoms with E-state index >= 15 is 0 Å². The lowest BCUT2D eigenvalue weighted by atomic mass is 9.68. The number of halogens is 1. The molecule has 3 aliphatic rings. The molecule has 1 heterocycles. The third-order valence-corrected chi connectivity index (χ3v) is 10.4. The van der Waals surface area contributed by atoms with Gasteiger partial charge in [0.15, 0.2) is 5.60 Å². The van der Waals surface area contributed by atoms with Gasteiger partial charge in [0.25, 0.3) is 0 Å². The van der Waals surface area contributed by atoms with Crippen LogP contribution in [0.15, 0.2) is 48.6 Å². The molecule has 228 valence electrons. The van der Waals surface area contributed by atoms with Crippen molar-refractivity contribution in [2.45, 2.75) is 88.3 Å². The molecular formula is C35H46ClNO5. The third-order valence-electron chi connectivity index (χ3n) is 10.1. The summed E-state index contributed by atoms with van der Waals surface area (Å²) < 4.78 is 11.9. The molecule has 2 N–H and O–H groups in total. The van der Waals surface area contributed by atoms with Crippen LogP contribution >= 0.6 is 11.6 Å². The zero-order valence-corrected chi connectivity index (χ0v) is 26.0. The summed E-state index contributed by atoms with van der Waals surface area (Å²) in [6, 6.07) is 11.7. The molecule has 0 saturated heterocycles. The molecule has 2 aromatic carbocycles. The van der Waals surface area contributed by atoms with E-state index in [1.165, 1.54) is 11.1 Å². The summed E-state index contributed by atoms with van der Waals surface area (Å²) in [4.78, 5) is 14.9. The summed E-state index contributed by atoms with van der Waals surface area (Å²) in [5.74, 6) is 0.300. The number of carboxylic acid groups (broad SMARTS) is 1. The summed E-state index contributed by atoms with van der Waals surface area (Å²) in [5.41, 5.74) is 1.77. The topological polar surface area (TPSA) is 79.2 Å². The van der Waals surface area contributed by atoms with Crippen molar-refractivity contribution in [1.82, 2.24) is 0 Å². The summed E-state index contributed by atoms with van der Waals surface area (Å²) in [5, 5.41) is 22.6. The number of benzene rings is 2. The number of aliphatic carboxylic acids is 1. The van der Waals surface area contributed by atoms with E-state index in [0.29, 0.717) is 29.6 Å². The second kappa shape index (κ2) is 13.0. The molecule has 0 amide bonds. The average Bonchev–Trinajstić information content (AvgIpc) is 2.96. The van der Waals surface area contributed by atoms with Gasteiger partial charge in [-0.25, -0.2) is 4.79 Å². The van der Waals surface area contributed by atoms with Gasteiger partial charge < -0.3 is 24.6 Å². The quantitative estimate of drug-likeness (QED) is 0.354. The minimum absolute atomic E-state index is 0.0805. The number of methoxy groups -OCH3 is 2. The number of aliphatic hydroxyl groups is 1. The Kier molecular flexibility index (Phi) is 9.56. The van der Waals surface area contributed by atoms with Crippen molar-refractivity contribution in [3.05, 3.63) is 70.3 Å². The number of hydrogen-bond donors (Lipinski definition) is 2. The Labute approximate surface area is 255 Å². The molecule has 0 unspecified atom stereocenters. The standard InChI is InChI=1S/C35H46ClNO5/c1-34(18-9-10-24-20-27(36)14-16-29(24)34)23-37-22-25-12-15-28(25)31(41-2)11-7-5-4-6-8-19-35(40,33(38)39)26-13-17-32(42-3)30(37)21-26/h7,11,13-14,16-17,20-21,25,28,31,40H,4-6,8-10,12,15,18-19,22-23H2,1-3H3,(H,38,39)/b11-7+/t25-,28+,31-,34-,35+/m0/s1. The maximum atomic E-state index is 12.5. The van der Waals surface area contributed by atoms with E-state index in [1.807, 2.05) is 25.3 Å². The molecule has 2 aromatic rings. The maximum Gasteiger partial charge on any atom is 0.340 e. The van der Waals surface area contributed by atoms with Crippen LogP contribution in [0.4, 0.5) is 5.69 Å². The van der Waals surface area contributed by atoms with Gasteiger partial charge in [-0.15, -0.1) is 0 Å². The van der Waals surface area contributed by atoms with Gasteiger partial charge in [0.1, 0.15) is 5.75 Å². The number of carboxylic acids is 1. The van der Waals surface area contributed by atoms with Crippen LogP contribution in [0.5, 0.6) is 5.75 Å². The van der Waals surface area contributed by atoms with Crippen LogP contribution in [0.25, 0.3) is 0 Å². The second-order valence-corrected chi connectivity index (χ2v) is 13.3. The molecule has 0 radical (unpaired) electrons. The largest absolute Gasteiger partial charge is 0.495 e. The first-order valence-corrected chi connectivity index (χ1v) is 15.9. The van der Waals surface area contributed by atoms with E-state index in [1.54, 1.807) is 13.2 Å². The van der Waals surface area contributed by atoms with Crippen molar-refractivity contribution in [1.29, 1.82) is 0 Å². The van der Waals surface area contributed by atoms with Crippen LogP contribution < -0.4 is 9.64 Å². The van der Waals surface area contributed by atoms with Crippen LogP contribution in [-0.4, -0.2) is 49.6 Å². The van der Waals surface area contributed by atoms with Crippen molar-refractivity contribution < 1.29 is 24.5 Å². The Morgan fingerprint density at radius 2 is 1.90 bits per heavy atom. The lowest BCUT2D eigenvalue weighted by molar-refractivity contribution is -0.160. The number of rotatable bonds is 5. The summed E-state index contributed by atoms with van der Waals surface area (Å²) >= 11 is 6.40. The Balaban J connectivity index is 1.60. The third kappa shape index (κ3) is 6.22. The van der Waals surface area contributed by atoms with Crippen molar-refractivity contribution in [3.63, 3.8) is 0 Å². The van der Waals surface area contributed by atoms with Crippen molar-refractivity contribution >= 4 is 23.3 Å². The summed E-state index contributed by atoms with van der Waals surface area (Å²) in [7, 11) is 3.47. The van der Waals surface area contributed by atoms with Crippen molar-refractivity contribution in [2.24, 2.45) is 11.8 Å². The fourth-order valence-electron chi connectivity index (χ4n) is 7.55.